The first-order chi connectivity index (χ1) is 11.2. The van der Waals surface area contributed by atoms with Gasteiger partial charge in [-0.05, 0) is 0 Å². The third-order valence-electron chi connectivity index (χ3n) is 3.42. The first-order valence-corrected chi connectivity index (χ1v) is 6.77. The third kappa shape index (κ3) is 2.52. The maximum atomic E-state index is 11.4. The van der Waals surface area contributed by atoms with E-state index in [9.17, 15) is 10.1 Å². The van der Waals surface area contributed by atoms with E-state index in [0.717, 1.165) is 5.56 Å². The summed E-state index contributed by atoms with van der Waals surface area (Å²) in [7, 11) is 2.83. The molecule has 3 aromatic rings. The number of hydrogen-bond acceptors (Lipinski definition) is 6. The molecule has 0 unspecified atom stereocenters. The minimum Gasteiger partial charge on any atom is -0.494 e. The Kier molecular flexibility index (Phi) is 3.76. The van der Waals surface area contributed by atoms with Gasteiger partial charge in [0, 0.05) is 11.6 Å². The van der Waals surface area contributed by atoms with E-state index >= 15 is 0 Å². The van der Waals surface area contributed by atoms with Crippen molar-refractivity contribution >= 4 is 16.7 Å². The van der Waals surface area contributed by atoms with Gasteiger partial charge in [-0.3, -0.25) is 10.1 Å². The van der Waals surface area contributed by atoms with Crippen LogP contribution in [0, 0.1) is 10.1 Å². The first-order valence-electron chi connectivity index (χ1n) is 6.77. The van der Waals surface area contributed by atoms with Gasteiger partial charge in [-0.2, -0.15) is 0 Å². The van der Waals surface area contributed by atoms with Crippen molar-refractivity contribution in [2.24, 2.45) is 0 Å². The second-order valence-corrected chi connectivity index (χ2v) is 4.71. The Bertz CT molecular complexity index is 881. The summed E-state index contributed by atoms with van der Waals surface area (Å²) in [6, 6.07) is 10.9. The molecule has 2 aromatic carbocycles. The average Bonchev–Trinajstić information content (AvgIpc) is 2.60. The number of hydrogen-bond donors (Lipinski definition) is 0. The van der Waals surface area contributed by atoms with Gasteiger partial charge in [0.1, 0.15) is 5.52 Å². The third-order valence-corrected chi connectivity index (χ3v) is 3.42. The van der Waals surface area contributed by atoms with Crippen molar-refractivity contribution in [3.05, 3.63) is 52.7 Å². The molecule has 0 saturated heterocycles. The fourth-order valence-electron chi connectivity index (χ4n) is 2.34. The lowest BCUT2D eigenvalue weighted by molar-refractivity contribution is -0.384. The van der Waals surface area contributed by atoms with Gasteiger partial charge in [-0.25, -0.2) is 9.97 Å². The molecule has 23 heavy (non-hydrogen) atoms. The largest absolute Gasteiger partial charge is 0.494 e. The fourth-order valence-corrected chi connectivity index (χ4v) is 2.34. The Morgan fingerprint density at radius 2 is 1.74 bits per heavy atom. The van der Waals surface area contributed by atoms with Crippen molar-refractivity contribution in [1.82, 2.24) is 9.97 Å². The van der Waals surface area contributed by atoms with Gasteiger partial charge >= 0.3 is 5.69 Å². The predicted octanol–water partition coefficient (Wildman–Crippen LogP) is 3.22. The summed E-state index contributed by atoms with van der Waals surface area (Å²) in [4.78, 5) is 19.6. The Morgan fingerprint density at radius 1 is 1.04 bits per heavy atom. The van der Waals surface area contributed by atoms with E-state index in [1.54, 1.807) is 0 Å². The lowest BCUT2D eigenvalue weighted by Gasteiger charge is -2.10. The zero-order chi connectivity index (χ0) is 16.4. The summed E-state index contributed by atoms with van der Waals surface area (Å²) < 4.78 is 10.4. The maximum Gasteiger partial charge on any atom is 0.338 e. The number of benzene rings is 2. The number of rotatable bonds is 4. The zero-order valence-electron chi connectivity index (χ0n) is 12.5. The van der Waals surface area contributed by atoms with Gasteiger partial charge in [0.2, 0.25) is 5.75 Å². The highest BCUT2D eigenvalue weighted by Gasteiger charge is 2.25. The number of aromatic nitrogens is 2. The highest BCUT2D eigenvalue weighted by atomic mass is 16.6. The fraction of sp³-hybridized carbons (Fsp3) is 0.125. The molecule has 0 amide bonds. The van der Waals surface area contributed by atoms with Gasteiger partial charge in [0.05, 0.1) is 31.0 Å². The smallest absolute Gasteiger partial charge is 0.338 e. The van der Waals surface area contributed by atoms with E-state index in [4.69, 9.17) is 9.47 Å². The average molecular weight is 311 g/mol. The molecule has 0 spiro atoms. The van der Waals surface area contributed by atoms with Crippen LogP contribution in [-0.2, 0) is 0 Å². The Labute approximate surface area is 131 Å². The van der Waals surface area contributed by atoms with Crippen molar-refractivity contribution in [2.75, 3.05) is 14.2 Å². The van der Waals surface area contributed by atoms with Crippen molar-refractivity contribution < 1.29 is 14.4 Å². The molecular weight excluding hydrogens is 298 g/mol. The minimum atomic E-state index is -0.530. The van der Waals surface area contributed by atoms with E-state index in [1.807, 2.05) is 30.3 Å². The van der Waals surface area contributed by atoms with Crippen molar-refractivity contribution in [3.63, 3.8) is 0 Å². The highest BCUT2D eigenvalue weighted by Crippen LogP contribution is 2.39. The maximum absolute atomic E-state index is 11.4. The Hall–Kier alpha value is -3.22. The van der Waals surface area contributed by atoms with E-state index in [0.29, 0.717) is 17.0 Å². The van der Waals surface area contributed by atoms with Gasteiger partial charge in [-0.15, -0.1) is 0 Å². The number of nitro benzene ring substituents is 1. The highest BCUT2D eigenvalue weighted by molar-refractivity contribution is 5.93. The second kappa shape index (κ2) is 5.88. The standard InChI is InChI=1S/C16H13N3O4/c1-22-12-8-13(23-2)16(19(20)21)15-14(12)18-11(9-17-15)10-6-4-3-5-7-10/h3-9H,1-2H3. The number of ether oxygens (including phenoxy) is 2. The summed E-state index contributed by atoms with van der Waals surface area (Å²) >= 11 is 0. The van der Waals surface area contributed by atoms with Crippen LogP contribution in [0.5, 0.6) is 11.5 Å². The van der Waals surface area contributed by atoms with Crippen LogP contribution in [0.15, 0.2) is 42.6 Å². The lowest BCUT2D eigenvalue weighted by Crippen LogP contribution is -2.00. The molecule has 116 valence electrons. The van der Waals surface area contributed by atoms with E-state index in [-0.39, 0.29) is 17.0 Å². The van der Waals surface area contributed by atoms with Crippen molar-refractivity contribution in [1.29, 1.82) is 0 Å². The van der Waals surface area contributed by atoms with Crippen LogP contribution in [0.3, 0.4) is 0 Å². The van der Waals surface area contributed by atoms with Crippen molar-refractivity contribution in [3.8, 4) is 22.8 Å². The molecule has 7 nitrogen and oxygen atoms in total. The van der Waals surface area contributed by atoms with Gasteiger partial charge in [0.25, 0.3) is 0 Å². The molecular formula is C16H13N3O4. The van der Waals surface area contributed by atoms with Gasteiger partial charge < -0.3 is 9.47 Å². The molecule has 1 aromatic heterocycles. The molecule has 3 rings (SSSR count). The molecule has 0 N–H and O–H groups in total. The Balaban J connectivity index is 2.32. The summed E-state index contributed by atoms with van der Waals surface area (Å²) in [6.45, 7) is 0. The van der Waals surface area contributed by atoms with E-state index in [1.165, 1.54) is 26.5 Å². The molecule has 1 heterocycles. The quantitative estimate of drug-likeness (QED) is 0.543. The van der Waals surface area contributed by atoms with Crippen LogP contribution in [0.2, 0.25) is 0 Å². The van der Waals surface area contributed by atoms with Crippen LogP contribution < -0.4 is 9.47 Å². The molecule has 0 saturated carbocycles. The molecule has 0 aliphatic carbocycles. The predicted molar refractivity (Wildman–Crippen MR) is 84.7 cm³/mol. The van der Waals surface area contributed by atoms with Crippen LogP contribution >= 0.6 is 0 Å². The van der Waals surface area contributed by atoms with E-state index < -0.39 is 4.92 Å². The molecule has 0 atom stereocenters. The van der Waals surface area contributed by atoms with Crippen LogP contribution in [0.25, 0.3) is 22.3 Å². The monoisotopic (exact) mass is 311 g/mol. The van der Waals surface area contributed by atoms with Gasteiger partial charge in [0.15, 0.2) is 11.3 Å². The summed E-state index contributed by atoms with van der Waals surface area (Å²) in [6.07, 6.45) is 1.50. The molecule has 7 heteroatoms. The van der Waals surface area contributed by atoms with E-state index in [2.05, 4.69) is 9.97 Å². The summed E-state index contributed by atoms with van der Waals surface area (Å²) in [5.74, 6) is 0.453. The minimum absolute atomic E-state index is 0.0844. The SMILES string of the molecule is COc1cc(OC)c2nc(-c3ccccc3)cnc2c1[N+](=O)[O-]. The summed E-state index contributed by atoms with van der Waals surface area (Å²) in [5.41, 5.74) is 1.70. The van der Waals surface area contributed by atoms with Crippen LogP contribution in [0.1, 0.15) is 0 Å². The Morgan fingerprint density at radius 3 is 2.35 bits per heavy atom. The topological polar surface area (TPSA) is 87.4 Å². The van der Waals surface area contributed by atoms with Crippen LogP contribution in [0.4, 0.5) is 5.69 Å². The normalized spacial score (nSPS) is 10.5. The first kappa shape index (κ1) is 14.7. The number of fused-ring (bicyclic) bond motifs is 1. The molecule has 0 radical (unpaired) electrons. The second-order valence-electron chi connectivity index (χ2n) is 4.71. The zero-order valence-corrected chi connectivity index (χ0v) is 12.5. The number of nitrogens with zero attached hydrogens (tertiary/aromatic N) is 3. The number of methoxy groups -OCH3 is 2. The van der Waals surface area contributed by atoms with Crippen molar-refractivity contribution in [2.45, 2.75) is 0 Å². The lowest BCUT2D eigenvalue weighted by atomic mass is 10.1. The molecule has 0 fully saturated rings. The molecule has 0 aliphatic rings. The molecule has 0 aliphatic heterocycles. The number of nitro groups is 1. The van der Waals surface area contributed by atoms with Gasteiger partial charge in [-0.1, -0.05) is 30.3 Å². The van der Waals surface area contributed by atoms with Crippen LogP contribution in [-0.4, -0.2) is 29.1 Å². The summed E-state index contributed by atoms with van der Waals surface area (Å²) in [5, 5.41) is 11.4. The molecule has 0 bridgehead atoms.